The van der Waals surface area contributed by atoms with E-state index in [0.29, 0.717) is 11.4 Å². The maximum Gasteiger partial charge on any atom is 0.433 e. The molecule has 0 bridgehead atoms. The molecule has 3 N–H and O–H groups in total. The molecule has 0 spiro atoms. The van der Waals surface area contributed by atoms with E-state index in [4.69, 9.17) is 0 Å². The van der Waals surface area contributed by atoms with E-state index >= 15 is 0 Å². The van der Waals surface area contributed by atoms with Crippen molar-refractivity contribution in [1.29, 1.82) is 5.26 Å². The number of hydrazine groups is 1. The lowest BCUT2D eigenvalue weighted by Crippen LogP contribution is -2.68. The van der Waals surface area contributed by atoms with Gasteiger partial charge in [-0.25, -0.2) is 24.8 Å². The van der Waals surface area contributed by atoms with Gasteiger partial charge in [-0.15, -0.1) is 0 Å². The van der Waals surface area contributed by atoms with Gasteiger partial charge in [-0.3, -0.25) is 15.1 Å². The molecule has 4 unspecified atom stereocenters. The maximum atomic E-state index is 13.2. The molecule has 35 heavy (non-hydrogen) atoms. The van der Waals surface area contributed by atoms with Crippen molar-refractivity contribution in [2.45, 2.75) is 56.3 Å². The molecule has 13 heteroatoms. The van der Waals surface area contributed by atoms with Crippen molar-refractivity contribution in [2.75, 3.05) is 0 Å². The minimum absolute atomic E-state index is 0.0450. The Hall–Kier alpha value is -3.21. The second-order valence-corrected chi connectivity index (χ2v) is 9.02. The van der Waals surface area contributed by atoms with Crippen LogP contribution in [0.2, 0.25) is 0 Å². The number of hydrogen-bond acceptors (Lipinski definition) is 8. The fourth-order valence-corrected chi connectivity index (χ4v) is 5.06. The van der Waals surface area contributed by atoms with Gasteiger partial charge in [-0.05, 0) is 31.4 Å². The fraction of sp³-hybridized carbons (Fsp3) is 0.500. The molecule has 9 nitrogen and oxygen atoms in total. The first-order valence-electron chi connectivity index (χ1n) is 11.2. The average Bonchev–Trinajstić information content (AvgIpc) is 3.18. The Morgan fingerprint density at radius 2 is 1.91 bits per heavy atom. The first-order valence-corrected chi connectivity index (χ1v) is 11.2. The second-order valence-electron chi connectivity index (χ2n) is 9.02. The number of amides is 1. The molecule has 3 aliphatic rings. The van der Waals surface area contributed by atoms with E-state index in [1.165, 1.54) is 6.07 Å². The molecule has 2 aromatic heterocycles. The van der Waals surface area contributed by atoms with Gasteiger partial charge in [0.25, 0.3) is 0 Å². The van der Waals surface area contributed by atoms with Crippen LogP contribution in [-0.2, 0) is 11.0 Å². The number of rotatable bonds is 4. The van der Waals surface area contributed by atoms with E-state index in [2.05, 4.69) is 37.1 Å². The minimum atomic E-state index is -4.55. The summed E-state index contributed by atoms with van der Waals surface area (Å²) in [5.74, 6) is -1.18. The molecule has 1 amide bonds. The van der Waals surface area contributed by atoms with Gasteiger partial charge in [0.05, 0.1) is 36.7 Å². The number of nitriles is 1. The van der Waals surface area contributed by atoms with Crippen LogP contribution in [0.5, 0.6) is 0 Å². The molecule has 1 saturated carbocycles. The molecular weight excluding hydrogens is 468 g/mol. The zero-order valence-electron chi connectivity index (χ0n) is 18.5. The summed E-state index contributed by atoms with van der Waals surface area (Å²) >= 11 is 0. The van der Waals surface area contributed by atoms with Crippen molar-refractivity contribution in [3.05, 3.63) is 53.6 Å². The van der Waals surface area contributed by atoms with Crippen LogP contribution in [0.25, 0.3) is 0 Å². The van der Waals surface area contributed by atoms with E-state index in [-0.39, 0.29) is 17.7 Å². The zero-order valence-corrected chi connectivity index (χ0v) is 18.5. The summed E-state index contributed by atoms with van der Waals surface area (Å²) in [7, 11) is 0. The second kappa shape index (κ2) is 8.78. The van der Waals surface area contributed by atoms with Crippen molar-refractivity contribution >= 4 is 5.91 Å². The molecule has 1 aliphatic carbocycles. The largest absolute Gasteiger partial charge is 0.433 e. The number of alkyl halides is 3. The number of aromatic nitrogens is 3. The number of fused-ring (bicyclic) bond motifs is 1. The fourth-order valence-electron chi connectivity index (χ4n) is 5.06. The first kappa shape index (κ1) is 23.5. The summed E-state index contributed by atoms with van der Waals surface area (Å²) in [4.78, 5) is 24.8. The van der Waals surface area contributed by atoms with Crippen LogP contribution < -0.4 is 16.1 Å². The van der Waals surface area contributed by atoms with Gasteiger partial charge in [-0.2, -0.15) is 18.4 Å². The van der Waals surface area contributed by atoms with E-state index in [9.17, 15) is 27.6 Å². The molecule has 3 fully saturated rings. The SMILES string of the molecule is C[C@@H](c1ccc(C(F)(F)F)nc1)N1NC(C#N)C2C(=O)NC([C@@H]3CC[C@H]3c3ncc(F)cn3)NC21. The Balaban J connectivity index is 1.37. The molecule has 0 radical (unpaired) electrons. The summed E-state index contributed by atoms with van der Waals surface area (Å²) < 4.78 is 52.0. The predicted molar refractivity (Wildman–Crippen MR) is 112 cm³/mol. The third-order valence-electron chi connectivity index (χ3n) is 7.08. The zero-order chi connectivity index (χ0) is 24.9. The Kier molecular flexibility index (Phi) is 5.90. The Bertz CT molecular complexity index is 1140. The lowest BCUT2D eigenvalue weighted by atomic mass is 9.70. The summed E-state index contributed by atoms with van der Waals surface area (Å²) in [5, 5.41) is 17.7. The van der Waals surface area contributed by atoms with Crippen LogP contribution in [0.4, 0.5) is 17.6 Å². The molecule has 5 rings (SSSR count). The number of pyridine rings is 1. The maximum absolute atomic E-state index is 13.2. The number of carbonyl (C=O) groups is 1. The Labute approximate surface area is 197 Å². The third-order valence-corrected chi connectivity index (χ3v) is 7.08. The summed E-state index contributed by atoms with van der Waals surface area (Å²) in [5.41, 5.74) is 2.53. The van der Waals surface area contributed by atoms with Crippen LogP contribution in [0.3, 0.4) is 0 Å². The quantitative estimate of drug-likeness (QED) is 0.557. The first-order chi connectivity index (χ1) is 16.7. The highest BCUT2D eigenvalue weighted by Crippen LogP contribution is 2.44. The van der Waals surface area contributed by atoms with E-state index in [1.807, 2.05) is 0 Å². The molecule has 2 aromatic rings. The normalized spacial score (nSPS) is 31.7. The smallest absolute Gasteiger partial charge is 0.340 e. The average molecular weight is 490 g/mol. The highest BCUT2D eigenvalue weighted by molar-refractivity contribution is 5.82. The van der Waals surface area contributed by atoms with Gasteiger partial charge in [0.2, 0.25) is 5.91 Å². The van der Waals surface area contributed by atoms with E-state index in [0.717, 1.165) is 37.5 Å². The van der Waals surface area contributed by atoms with Gasteiger partial charge in [0, 0.05) is 24.1 Å². The topological polar surface area (TPSA) is 119 Å². The van der Waals surface area contributed by atoms with Gasteiger partial charge in [-0.1, -0.05) is 6.07 Å². The van der Waals surface area contributed by atoms with Crippen LogP contribution in [0.15, 0.2) is 30.7 Å². The Morgan fingerprint density at radius 3 is 2.49 bits per heavy atom. The summed E-state index contributed by atoms with van der Waals surface area (Å²) in [6.07, 6.45) is -0.640. The van der Waals surface area contributed by atoms with Gasteiger partial charge >= 0.3 is 6.18 Å². The highest BCUT2D eigenvalue weighted by Gasteiger charge is 2.54. The van der Waals surface area contributed by atoms with E-state index in [1.54, 1.807) is 11.9 Å². The monoisotopic (exact) mass is 490 g/mol. The lowest BCUT2D eigenvalue weighted by Gasteiger charge is -2.47. The van der Waals surface area contributed by atoms with Crippen molar-refractivity contribution in [3.63, 3.8) is 0 Å². The van der Waals surface area contributed by atoms with Crippen molar-refractivity contribution < 1.29 is 22.4 Å². The summed E-state index contributed by atoms with van der Waals surface area (Å²) in [6, 6.07) is 3.03. The van der Waals surface area contributed by atoms with Gasteiger partial charge < -0.3 is 5.32 Å². The molecule has 2 aliphatic heterocycles. The third kappa shape index (κ3) is 4.22. The van der Waals surface area contributed by atoms with Gasteiger partial charge in [0.15, 0.2) is 5.82 Å². The van der Waals surface area contributed by atoms with Crippen molar-refractivity contribution in [1.82, 2.24) is 36.0 Å². The van der Waals surface area contributed by atoms with Crippen LogP contribution in [0.1, 0.15) is 48.8 Å². The summed E-state index contributed by atoms with van der Waals surface area (Å²) in [6.45, 7) is 1.76. The van der Waals surface area contributed by atoms with Crippen LogP contribution >= 0.6 is 0 Å². The number of halogens is 4. The molecular formula is C22H22F4N8O. The standard InChI is InChI=1S/C22H22F4N8O/c1-10(11-2-5-16(28-7-11)22(24,25)26)34-20-17(15(6-27)33-34)21(35)32-19(31-20)14-4-3-13(14)18-29-8-12(23)9-30-18/h2,5,7-10,13-15,17,19-20,31,33H,3-4H2,1H3,(H,32,35)/t10-,13+,14+,15?,17?,19?,20?/m0/s1. The molecule has 4 heterocycles. The van der Waals surface area contributed by atoms with Crippen molar-refractivity contribution in [2.24, 2.45) is 11.8 Å². The van der Waals surface area contributed by atoms with E-state index < -0.39 is 48.0 Å². The number of nitrogens with one attached hydrogen (secondary N) is 3. The predicted octanol–water partition coefficient (Wildman–Crippen LogP) is 1.98. The van der Waals surface area contributed by atoms with Gasteiger partial charge in [0.1, 0.15) is 17.6 Å². The number of hydrogen-bond donors (Lipinski definition) is 3. The molecule has 184 valence electrons. The van der Waals surface area contributed by atoms with Crippen molar-refractivity contribution in [3.8, 4) is 6.07 Å². The number of nitrogens with zero attached hydrogens (tertiary/aromatic N) is 5. The number of carbonyl (C=O) groups excluding carboxylic acids is 1. The van der Waals surface area contributed by atoms with Crippen LogP contribution in [-0.4, -0.2) is 44.2 Å². The highest BCUT2D eigenvalue weighted by atomic mass is 19.4. The van der Waals surface area contributed by atoms with Crippen LogP contribution in [0, 0.1) is 29.0 Å². The molecule has 0 aromatic carbocycles. The molecule has 7 atom stereocenters. The lowest BCUT2D eigenvalue weighted by molar-refractivity contribution is -0.141. The molecule has 2 saturated heterocycles. The Morgan fingerprint density at radius 1 is 1.17 bits per heavy atom. The minimum Gasteiger partial charge on any atom is -0.340 e.